The third-order valence-electron chi connectivity index (χ3n) is 3.13. The first-order valence-electron chi connectivity index (χ1n) is 5.73. The number of halogens is 1. The summed E-state index contributed by atoms with van der Waals surface area (Å²) in [6.45, 7) is 1.95. The zero-order valence-electron chi connectivity index (χ0n) is 9.74. The van der Waals surface area contributed by atoms with E-state index in [4.69, 9.17) is 11.6 Å². The van der Waals surface area contributed by atoms with Gasteiger partial charge in [-0.25, -0.2) is 0 Å². The first kappa shape index (κ1) is 12.2. The number of aliphatic hydroxyl groups excluding tert-OH is 1. The molecule has 0 saturated carbocycles. The van der Waals surface area contributed by atoms with Crippen molar-refractivity contribution in [3.63, 3.8) is 0 Å². The van der Waals surface area contributed by atoms with E-state index in [9.17, 15) is 9.90 Å². The summed E-state index contributed by atoms with van der Waals surface area (Å²) < 4.78 is 0. The Kier molecular flexibility index (Phi) is 3.53. The van der Waals surface area contributed by atoms with E-state index < -0.39 is 0 Å². The Hall–Kier alpha value is -1.28. The van der Waals surface area contributed by atoms with Gasteiger partial charge in [-0.2, -0.15) is 0 Å². The van der Waals surface area contributed by atoms with Crippen LogP contribution < -0.4 is 0 Å². The van der Waals surface area contributed by atoms with Crippen LogP contribution in [-0.2, 0) is 11.2 Å². The van der Waals surface area contributed by atoms with Crippen molar-refractivity contribution in [2.75, 3.05) is 0 Å². The number of aliphatic hydroxyl groups is 1. The zero-order chi connectivity index (χ0) is 12.4. The molecule has 90 valence electrons. The normalized spacial score (nSPS) is 20.2. The van der Waals surface area contributed by atoms with E-state index in [0.29, 0.717) is 25.0 Å². The fourth-order valence-corrected chi connectivity index (χ4v) is 2.24. The van der Waals surface area contributed by atoms with Gasteiger partial charge in [0.1, 0.15) is 5.78 Å². The highest BCUT2D eigenvalue weighted by Gasteiger charge is 2.22. The summed E-state index contributed by atoms with van der Waals surface area (Å²) in [5, 5.41) is 10.2. The lowest BCUT2D eigenvalue weighted by Crippen LogP contribution is -2.19. The minimum Gasteiger partial charge on any atom is -0.513 e. The van der Waals surface area contributed by atoms with Crippen molar-refractivity contribution in [1.29, 1.82) is 0 Å². The van der Waals surface area contributed by atoms with Crippen LogP contribution in [0.4, 0.5) is 0 Å². The molecular formula is C14H15ClO2. The van der Waals surface area contributed by atoms with Crippen molar-refractivity contribution in [2.24, 2.45) is 5.92 Å². The van der Waals surface area contributed by atoms with E-state index in [1.54, 1.807) is 6.08 Å². The molecule has 2 nitrogen and oxygen atoms in total. The van der Waals surface area contributed by atoms with Crippen LogP contribution in [-0.4, -0.2) is 10.9 Å². The van der Waals surface area contributed by atoms with Crippen LogP contribution in [0.15, 0.2) is 30.0 Å². The molecule has 0 radical (unpaired) electrons. The first-order valence-corrected chi connectivity index (χ1v) is 6.11. The largest absolute Gasteiger partial charge is 0.513 e. The Labute approximate surface area is 106 Å². The molecule has 1 unspecified atom stereocenters. The number of rotatable bonds is 2. The van der Waals surface area contributed by atoms with Gasteiger partial charge in [0.15, 0.2) is 0 Å². The van der Waals surface area contributed by atoms with E-state index >= 15 is 0 Å². The van der Waals surface area contributed by atoms with Gasteiger partial charge in [-0.05, 0) is 36.6 Å². The molecule has 3 heteroatoms. The SMILES string of the molecule is Cc1ccc(CC2C=C(O)CCC2=O)cc1Cl. The summed E-state index contributed by atoms with van der Waals surface area (Å²) in [6, 6.07) is 5.83. The second-order valence-electron chi connectivity index (χ2n) is 4.52. The smallest absolute Gasteiger partial charge is 0.140 e. The maximum absolute atomic E-state index is 11.7. The third-order valence-corrected chi connectivity index (χ3v) is 3.53. The lowest BCUT2D eigenvalue weighted by molar-refractivity contribution is -0.122. The number of allylic oxidation sites excluding steroid dienone is 2. The second kappa shape index (κ2) is 4.92. The Morgan fingerprint density at radius 3 is 2.88 bits per heavy atom. The molecule has 0 aliphatic heterocycles. The highest BCUT2D eigenvalue weighted by molar-refractivity contribution is 6.31. The van der Waals surface area contributed by atoms with E-state index in [1.165, 1.54) is 0 Å². The number of carbonyl (C=O) groups is 1. The van der Waals surface area contributed by atoms with Gasteiger partial charge in [-0.3, -0.25) is 4.79 Å². The van der Waals surface area contributed by atoms with Gasteiger partial charge in [0, 0.05) is 23.8 Å². The van der Waals surface area contributed by atoms with Crippen molar-refractivity contribution in [2.45, 2.75) is 26.2 Å². The van der Waals surface area contributed by atoms with Gasteiger partial charge < -0.3 is 5.11 Å². The molecule has 0 fully saturated rings. The fourth-order valence-electron chi connectivity index (χ4n) is 2.04. The van der Waals surface area contributed by atoms with Crippen LogP contribution >= 0.6 is 11.6 Å². The topological polar surface area (TPSA) is 37.3 Å². The number of hydrogen-bond acceptors (Lipinski definition) is 2. The predicted molar refractivity (Wildman–Crippen MR) is 68.3 cm³/mol. The molecule has 1 aromatic carbocycles. The molecule has 0 amide bonds. The molecule has 0 spiro atoms. The molecule has 1 atom stereocenters. The van der Waals surface area contributed by atoms with Gasteiger partial charge in [-0.15, -0.1) is 0 Å². The molecule has 17 heavy (non-hydrogen) atoms. The quantitative estimate of drug-likeness (QED) is 0.871. The molecule has 1 aliphatic carbocycles. The monoisotopic (exact) mass is 250 g/mol. The minimum atomic E-state index is -0.206. The minimum absolute atomic E-state index is 0.194. The molecule has 0 heterocycles. The molecule has 0 saturated heterocycles. The standard InChI is InChI=1S/C14H15ClO2/c1-9-2-3-10(7-13(9)15)6-11-8-12(16)4-5-14(11)17/h2-3,7-8,11,16H,4-6H2,1H3. The summed E-state index contributed by atoms with van der Waals surface area (Å²) in [5.74, 6) is 0.315. The molecule has 0 aromatic heterocycles. The Balaban J connectivity index is 2.17. The zero-order valence-corrected chi connectivity index (χ0v) is 10.5. The summed E-state index contributed by atoms with van der Waals surface area (Å²) in [4.78, 5) is 11.7. The van der Waals surface area contributed by atoms with E-state index in [2.05, 4.69) is 0 Å². The number of Topliss-reactive ketones (excluding diaryl/α,β-unsaturated/α-hetero) is 1. The summed E-state index contributed by atoms with van der Waals surface area (Å²) in [6.07, 6.45) is 3.19. The second-order valence-corrected chi connectivity index (χ2v) is 4.93. The maximum atomic E-state index is 11.7. The van der Waals surface area contributed by atoms with Crippen molar-refractivity contribution in [3.8, 4) is 0 Å². The third kappa shape index (κ3) is 2.89. The average Bonchev–Trinajstić information content (AvgIpc) is 2.29. The van der Waals surface area contributed by atoms with Crippen LogP contribution in [0, 0.1) is 12.8 Å². The molecular weight excluding hydrogens is 236 g/mol. The molecule has 2 rings (SSSR count). The Morgan fingerprint density at radius 1 is 1.41 bits per heavy atom. The summed E-state index contributed by atoms with van der Waals surface area (Å²) >= 11 is 6.05. The van der Waals surface area contributed by atoms with Crippen LogP contribution in [0.3, 0.4) is 0 Å². The van der Waals surface area contributed by atoms with Crippen molar-refractivity contribution < 1.29 is 9.90 Å². The molecule has 1 N–H and O–H groups in total. The number of hydrogen-bond donors (Lipinski definition) is 1. The van der Waals surface area contributed by atoms with Crippen LogP contribution in [0.2, 0.25) is 5.02 Å². The van der Waals surface area contributed by atoms with Crippen molar-refractivity contribution in [1.82, 2.24) is 0 Å². The van der Waals surface area contributed by atoms with Gasteiger partial charge in [0.2, 0.25) is 0 Å². The Morgan fingerprint density at radius 2 is 2.18 bits per heavy atom. The lowest BCUT2D eigenvalue weighted by Gasteiger charge is -2.17. The maximum Gasteiger partial charge on any atom is 0.140 e. The fraction of sp³-hybridized carbons (Fsp3) is 0.357. The van der Waals surface area contributed by atoms with E-state index in [1.807, 2.05) is 25.1 Å². The number of aryl methyl sites for hydroxylation is 1. The van der Waals surface area contributed by atoms with Gasteiger partial charge >= 0.3 is 0 Å². The van der Waals surface area contributed by atoms with Gasteiger partial charge in [0.25, 0.3) is 0 Å². The van der Waals surface area contributed by atoms with Gasteiger partial charge in [-0.1, -0.05) is 23.7 Å². The first-order chi connectivity index (χ1) is 8.06. The van der Waals surface area contributed by atoms with E-state index in [-0.39, 0.29) is 11.7 Å². The predicted octanol–water partition coefficient (Wildman–Crippen LogP) is 3.61. The van der Waals surface area contributed by atoms with Crippen LogP contribution in [0.5, 0.6) is 0 Å². The van der Waals surface area contributed by atoms with Gasteiger partial charge in [0.05, 0.1) is 5.76 Å². The number of carbonyl (C=O) groups excluding carboxylic acids is 1. The average molecular weight is 251 g/mol. The Bertz CT molecular complexity index is 477. The van der Waals surface area contributed by atoms with E-state index in [0.717, 1.165) is 16.1 Å². The molecule has 1 aromatic rings. The van der Waals surface area contributed by atoms with Crippen molar-refractivity contribution >= 4 is 17.4 Å². The molecule has 0 bridgehead atoms. The number of benzene rings is 1. The highest BCUT2D eigenvalue weighted by atomic mass is 35.5. The molecule has 1 aliphatic rings. The summed E-state index contributed by atoms with van der Waals surface area (Å²) in [7, 11) is 0. The van der Waals surface area contributed by atoms with Crippen LogP contribution in [0.25, 0.3) is 0 Å². The lowest BCUT2D eigenvalue weighted by atomic mass is 9.88. The highest BCUT2D eigenvalue weighted by Crippen LogP contribution is 2.24. The summed E-state index contributed by atoms with van der Waals surface area (Å²) in [5.41, 5.74) is 2.06. The number of ketones is 1. The van der Waals surface area contributed by atoms with Crippen molar-refractivity contribution in [3.05, 3.63) is 46.2 Å². The van der Waals surface area contributed by atoms with Crippen LogP contribution in [0.1, 0.15) is 24.0 Å².